The summed E-state index contributed by atoms with van der Waals surface area (Å²) in [5.41, 5.74) is 3.17. The lowest BCUT2D eigenvalue weighted by molar-refractivity contribution is -0.130. The molecular formula is C29H23F2N9O2. The van der Waals surface area contributed by atoms with Crippen molar-refractivity contribution in [1.82, 2.24) is 34.0 Å². The van der Waals surface area contributed by atoms with Gasteiger partial charge >= 0.3 is 5.91 Å². The van der Waals surface area contributed by atoms with Gasteiger partial charge < -0.3 is 19.6 Å². The number of anilines is 1. The quantitative estimate of drug-likeness (QED) is 0.242. The maximum Gasteiger partial charge on any atom is 0.302 e. The molecule has 2 amide bonds. The van der Waals surface area contributed by atoms with Gasteiger partial charge in [-0.1, -0.05) is 0 Å². The summed E-state index contributed by atoms with van der Waals surface area (Å²) in [5.74, 6) is -1.62. The summed E-state index contributed by atoms with van der Waals surface area (Å²) in [4.78, 5) is 42.3. The minimum atomic E-state index is -0.766. The SMILES string of the molecule is [C-]#[N+]CC(=O)N1CCC(n2cnc(-c3ccc(F)cc3)c2-c2ccc3nc(NC(=O)c4ccnc(F)c4)cn3n2)CC1. The van der Waals surface area contributed by atoms with Crippen molar-refractivity contribution in [2.45, 2.75) is 18.9 Å². The van der Waals surface area contributed by atoms with Crippen LogP contribution in [0.1, 0.15) is 29.2 Å². The number of aromatic nitrogens is 6. The number of rotatable bonds is 6. The Kier molecular flexibility index (Phi) is 7.10. The lowest BCUT2D eigenvalue weighted by Crippen LogP contribution is -2.40. The molecule has 1 fully saturated rings. The summed E-state index contributed by atoms with van der Waals surface area (Å²) < 4.78 is 30.7. The highest BCUT2D eigenvalue weighted by Gasteiger charge is 2.28. The third-order valence-corrected chi connectivity index (χ3v) is 7.13. The number of hydrogen-bond acceptors (Lipinski definition) is 6. The number of fused-ring (bicyclic) bond motifs is 1. The number of carbonyl (C=O) groups is 2. The second-order valence-electron chi connectivity index (χ2n) is 9.75. The van der Waals surface area contributed by atoms with E-state index in [0.717, 1.165) is 6.07 Å². The average Bonchev–Trinajstić information content (AvgIpc) is 3.61. The highest BCUT2D eigenvalue weighted by atomic mass is 19.1. The molecule has 0 bridgehead atoms. The Labute approximate surface area is 238 Å². The Hall–Kier alpha value is -5.51. The van der Waals surface area contributed by atoms with Gasteiger partial charge in [-0.2, -0.15) is 9.49 Å². The monoisotopic (exact) mass is 567 g/mol. The van der Waals surface area contributed by atoms with E-state index in [4.69, 9.17) is 11.7 Å². The number of pyridine rings is 1. The summed E-state index contributed by atoms with van der Waals surface area (Å²) in [5, 5.41) is 7.41. The van der Waals surface area contributed by atoms with E-state index in [2.05, 4.69) is 25.1 Å². The van der Waals surface area contributed by atoms with Gasteiger partial charge in [0.15, 0.2) is 11.5 Å². The van der Waals surface area contributed by atoms with E-state index in [1.54, 1.807) is 41.7 Å². The molecule has 0 aliphatic carbocycles. The molecule has 1 aliphatic rings. The first-order chi connectivity index (χ1) is 20.4. The Morgan fingerprint density at radius 3 is 2.57 bits per heavy atom. The summed E-state index contributed by atoms with van der Waals surface area (Å²) in [7, 11) is 0. The van der Waals surface area contributed by atoms with E-state index in [-0.39, 0.29) is 35.7 Å². The third-order valence-electron chi connectivity index (χ3n) is 7.13. The van der Waals surface area contributed by atoms with Crippen molar-refractivity contribution in [1.29, 1.82) is 0 Å². The summed E-state index contributed by atoms with van der Waals surface area (Å²) in [6.07, 6.45) is 5.81. The van der Waals surface area contributed by atoms with Crippen LogP contribution in [0.25, 0.3) is 33.1 Å². The summed E-state index contributed by atoms with van der Waals surface area (Å²) in [6, 6.07) is 12.0. The number of piperidine rings is 1. The van der Waals surface area contributed by atoms with Crippen LogP contribution in [0.3, 0.4) is 0 Å². The fourth-order valence-corrected chi connectivity index (χ4v) is 5.07. The van der Waals surface area contributed by atoms with Gasteiger partial charge in [0.05, 0.1) is 23.9 Å². The number of benzene rings is 1. The molecule has 0 atom stereocenters. The molecule has 1 aliphatic heterocycles. The van der Waals surface area contributed by atoms with Crippen LogP contribution in [-0.2, 0) is 4.79 Å². The molecule has 11 nitrogen and oxygen atoms in total. The van der Waals surface area contributed by atoms with Crippen molar-refractivity contribution in [3.8, 4) is 22.6 Å². The van der Waals surface area contributed by atoms with Gasteiger partial charge in [-0.25, -0.2) is 30.4 Å². The highest BCUT2D eigenvalue weighted by Crippen LogP contribution is 2.35. The second kappa shape index (κ2) is 11.2. The van der Waals surface area contributed by atoms with Gasteiger partial charge in [-0.15, -0.1) is 0 Å². The van der Waals surface area contributed by atoms with Crippen molar-refractivity contribution in [2.24, 2.45) is 0 Å². The zero-order valence-corrected chi connectivity index (χ0v) is 22.1. The van der Waals surface area contributed by atoms with Crippen LogP contribution >= 0.6 is 0 Å². The smallest absolute Gasteiger partial charge is 0.302 e. The van der Waals surface area contributed by atoms with Crippen LogP contribution in [0.2, 0.25) is 0 Å². The number of likely N-dealkylation sites (tertiary alicyclic amines) is 1. The number of imidazole rings is 2. The van der Waals surface area contributed by atoms with Crippen LogP contribution < -0.4 is 5.32 Å². The summed E-state index contributed by atoms with van der Waals surface area (Å²) in [6.45, 7) is 7.85. The van der Waals surface area contributed by atoms with Crippen molar-refractivity contribution in [3.05, 3.63) is 96.0 Å². The molecule has 0 unspecified atom stereocenters. The van der Waals surface area contributed by atoms with Crippen LogP contribution in [0.5, 0.6) is 0 Å². The molecule has 1 N–H and O–H groups in total. The summed E-state index contributed by atoms with van der Waals surface area (Å²) >= 11 is 0. The Morgan fingerprint density at radius 2 is 1.83 bits per heavy atom. The van der Waals surface area contributed by atoms with E-state index in [0.29, 0.717) is 54.2 Å². The van der Waals surface area contributed by atoms with Crippen molar-refractivity contribution in [3.63, 3.8) is 0 Å². The average molecular weight is 568 g/mol. The molecule has 1 saturated heterocycles. The minimum absolute atomic E-state index is 0.00887. The fourth-order valence-electron chi connectivity index (χ4n) is 5.07. The molecule has 5 heterocycles. The Bertz CT molecular complexity index is 1830. The van der Waals surface area contributed by atoms with Crippen molar-refractivity contribution < 1.29 is 18.4 Å². The molecule has 0 spiro atoms. The van der Waals surface area contributed by atoms with Gasteiger partial charge in [0.1, 0.15) is 11.5 Å². The molecule has 1 aromatic carbocycles. The largest absolute Gasteiger partial charge is 0.336 e. The second-order valence-corrected chi connectivity index (χ2v) is 9.75. The van der Waals surface area contributed by atoms with E-state index in [1.165, 1.54) is 28.9 Å². The third kappa shape index (κ3) is 5.29. The molecule has 6 rings (SSSR count). The van der Waals surface area contributed by atoms with Gasteiger partial charge in [-0.3, -0.25) is 9.59 Å². The topological polar surface area (TPSA) is 115 Å². The van der Waals surface area contributed by atoms with Crippen molar-refractivity contribution in [2.75, 3.05) is 25.0 Å². The molecule has 210 valence electrons. The van der Waals surface area contributed by atoms with E-state index >= 15 is 0 Å². The number of hydrogen-bond donors (Lipinski definition) is 1. The first kappa shape index (κ1) is 26.7. The first-order valence-corrected chi connectivity index (χ1v) is 13.1. The van der Waals surface area contributed by atoms with E-state index in [1.807, 2.05) is 4.57 Å². The maximum absolute atomic E-state index is 13.7. The van der Waals surface area contributed by atoms with Crippen LogP contribution in [-0.4, -0.2) is 65.5 Å². The Morgan fingerprint density at radius 1 is 1.05 bits per heavy atom. The first-order valence-electron chi connectivity index (χ1n) is 13.1. The predicted octanol–water partition coefficient (Wildman–Crippen LogP) is 4.27. The molecule has 13 heteroatoms. The normalized spacial score (nSPS) is 13.7. The fraction of sp³-hybridized carbons (Fsp3) is 0.207. The molecule has 42 heavy (non-hydrogen) atoms. The predicted molar refractivity (Wildman–Crippen MR) is 148 cm³/mol. The van der Waals surface area contributed by atoms with Crippen LogP contribution in [0, 0.1) is 18.3 Å². The number of carbonyl (C=O) groups excluding carboxylic acids is 2. The number of halogens is 2. The number of nitrogens with zero attached hydrogens (tertiary/aromatic N) is 8. The highest BCUT2D eigenvalue weighted by molar-refractivity contribution is 6.03. The lowest BCUT2D eigenvalue weighted by Gasteiger charge is -2.32. The van der Waals surface area contributed by atoms with E-state index in [9.17, 15) is 18.4 Å². The molecule has 0 radical (unpaired) electrons. The van der Waals surface area contributed by atoms with Crippen LogP contribution in [0.4, 0.5) is 14.6 Å². The zero-order valence-electron chi connectivity index (χ0n) is 22.1. The van der Waals surface area contributed by atoms with Crippen molar-refractivity contribution >= 4 is 23.3 Å². The van der Waals surface area contributed by atoms with Gasteiger partial charge in [0.25, 0.3) is 12.5 Å². The van der Waals surface area contributed by atoms with Gasteiger partial charge in [-0.05, 0) is 55.3 Å². The number of nitrogens with one attached hydrogen (secondary N) is 1. The van der Waals surface area contributed by atoms with E-state index < -0.39 is 11.9 Å². The lowest BCUT2D eigenvalue weighted by atomic mass is 10.0. The van der Waals surface area contributed by atoms with Gasteiger partial charge in [0, 0.05) is 42.5 Å². The minimum Gasteiger partial charge on any atom is -0.336 e. The Balaban J connectivity index is 1.34. The molecule has 0 saturated carbocycles. The van der Waals surface area contributed by atoms with Gasteiger partial charge in [0.2, 0.25) is 5.95 Å². The number of amides is 2. The van der Waals surface area contributed by atoms with Crippen LogP contribution in [0.15, 0.2) is 67.3 Å². The molecular weight excluding hydrogens is 544 g/mol. The zero-order chi connectivity index (χ0) is 29.2. The molecule has 4 aromatic heterocycles. The maximum atomic E-state index is 13.7. The standard InChI is InChI=1S/C29H23F2N9O2/c1-32-15-26(41)38-12-9-21(10-13-38)39-17-34-27(18-2-4-20(30)5-3-18)28(39)22-6-7-25-35-24(16-40(25)37-22)36-29(42)19-8-11-33-23(31)14-19/h2-8,11,14,16-17,21H,9-10,12-13,15H2,(H,36,42). The molecule has 5 aromatic rings.